The van der Waals surface area contributed by atoms with Gasteiger partial charge in [-0.05, 0) is 30.2 Å². The Hall–Kier alpha value is -2.38. The number of esters is 1. The first kappa shape index (κ1) is 19.0. The standard InChI is InChI=1S/C18H22N2O4S/c1-3-11-20(13-14-7-5-4-6-8-14)25(22,23)17-10-9-15(12-16(17)19)18(21)24-2/h4-10,12H,3,11,13,19H2,1-2H3. The number of rotatable bonds is 7. The van der Waals surface area contributed by atoms with Crippen molar-refractivity contribution in [3.63, 3.8) is 0 Å². The predicted octanol–water partition coefficient (Wildman–Crippen LogP) is 2.66. The summed E-state index contributed by atoms with van der Waals surface area (Å²) in [7, 11) is -2.53. The maximum atomic E-state index is 13.0. The van der Waals surface area contributed by atoms with Crippen LogP contribution in [0.25, 0.3) is 0 Å². The number of hydrogen-bond acceptors (Lipinski definition) is 5. The van der Waals surface area contributed by atoms with E-state index >= 15 is 0 Å². The lowest BCUT2D eigenvalue weighted by Gasteiger charge is -2.22. The second-order valence-corrected chi connectivity index (χ2v) is 7.47. The van der Waals surface area contributed by atoms with Gasteiger partial charge in [0.2, 0.25) is 10.0 Å². The van der Waals surface area contributed by atoms with E-state index in [-0.39, 0.29) is 22.7 Å². The van der Waals surface area contributed by atoms with Crippen LogP contribution < -0.4 is 5.73 Å². The third-order valence-electron chi connectivity index (χ3n) is 3.72. The minimum absolute atomic E-state index is 0.00969. The summed E-state index contributed by atoms with van der Waals surface area (Å²) in [4.78, 5) is 11.6. The van der Waals surface area contributed by atoms with E-state index in [2.05, 4.69) is 4.74 Å². The van der Waals surface area contributed by atoms with Gasteiger partial charge >= 0.3 is 5.97 Å². The van der Waals surface area contributed by atoms with Crippen LogP contribution in [0.2, 0.25) is 0 Å². The van der Waals surface area contributed by atoms with E-state index in [1.54, 1.807) is 0 Å². The van der Waals surface area contributed by atoms with Crippen LogP contribution >= 0.6 is 0 Å². The third-order valence-corrected chi connectivity index (χ3v) is 5.64. The Kier molecular flexibility index (Phi) is 6.17. The highest BCUT2D eigenvalue weighted by Gasteiger charge is 2.26. The fourth-order valence-corrected chi connectivity index (χ4v) is 4.10. The van der Waals surface area contributed by atoms with Crippen molar-refractivity contribution < 1.29 is 17.9 Å². The highest BCUT2D eigenvalue weighted by molar-refractivity contribution is 7.89. The number of methoxy groups -OCH3 is 1. The van der Waals surface area contributed by atoms with Gasteiger partial charge in [-0.3, -0.25) is 0 Å². The second kappa shape index (κ2) is 8.13. The molecule has 25 heavy (non-hydrogen) atoms. The average molecular weight is 362 g/mol. The number of ether oxygens (including phenoxy) is 1. The van der Waals surface area contributed by atoms with Crippen LogP contribution in [0.5, 0.6) is 0 Å². The molecular formula is C18H22N2O4S. The summed E-state index contributed by atoms with van der Waals surface area (Å²) in [6.07, 6.45) is 0.673. The second-order valence-electron chi connectivity index (χ2n) is 5.57. The summed E-state index contributed by atoms with van der Waals surface area (Å²) in [5.41, 5.74) is 7.04. The van der Waals surface area contributed by atoms with Gasteiger partial charge in [-0.25, -0.2) is 13.2 Å². The van der Waals surface area contributed by atoms with Crippen LogP contribution in [0.1, 0.15) is 29.3 Å². The van der Waals surface area contributed by atoms with Crippen molar-refractivity contribution in [3.8, 4) is 0 Å². The number of nitrogens with two attached hydrogens (primary N) is 1. The minimum atomic E-state index is -3.79. The Morgan fingerprint density at radius 1 is 1.16 bits per heavy atom. The van der Waals surface area contributed by atoms with Crippen molar-refractivity contribution in [3.05, 3.63) is 59.7 Å². The molecule has 0 aliphatic rings. The molecule has 6 nitrogen and oxygen atoms in total. The maximum absolute atomic E-state index is 13.0. The monoisotopic (exact) mass is 362 g/mol. The van der Waals surface area contributed by atoms with Crippen molar-refractivity contribution in [1.82, 2.24) is 4.31 Å². The van der Waals surface area contributed by atoms with E-state index in [9.17, 15) is 13.2 Å². The van der Waals surface area contributed by atoms with Crippen molar-refractivity contribution >= 4 is 21.7 Å². The van der Waals surface area contributed by atoms with Crippen LogP contribution in [-0.4, -0.2) is 32.3 Å². The first-order valence-corrected chi connectivity index (χ1v) is 9.36. The summed E-state index contributed by atoms with van der Waals surface area (Å²) in [5.74, 6) is -0.564. The highest BCUT2D eigenvalue weighted by atomic mass is 32.2. The van der Waals surface area contributed by atoms with E-state index < -0.39 is 16.0 Å². The summed E-state index contributed by atoms with van der Waals surface area (Å²) >= 11 is 0. The fourth-order valence-electron chi connectivity index (χ4n) is 2.49. The van der Waals surface area contributed by atoms with Crippen LogP contribution in [0.15, 0.2) is 53.4 Å². The molecule has 0 radical (unpaired) electrons. The van der Waals surface area contributed by atoms with Gasteiger partial charge < -0.3 is 10.5 Å². The largest absolute Gasteiger partial charge is 0.465 e. The molecule has 0 amide bonds. The zero-order valence-electron chi connectivity index (χ0n) is 14.3. The van der Waals surface area contributed by atoms with Crippen molar-refractivity contribution in [1.29, 1.82) is 0 Å². The molecule has 2 aromatic carbocycles. The van der Waals surface area contributed by atoms with Gasteiger partial charge in [-0.15, -0.1) is 0 Å². The SMILES string of the molecule is CCCN(Cc1ccccc1)S(=O)(=O)c1ccc(C(=O)OC)cc1N. The van der Waals surface area contributed by atoms with E-state index in [4.69, 9.17) is 5.73 Å². The number of nitrogens with zero attached hydrogens (tertiary/aromatic N) is 1. The first-order valence-electron chi connectivity index (χ1n) is 7.92. The summed E-state index contributed by atoms with van der Waals surface area (Å²) < 4.78 is 32.1. The van der Waals surface area contributed by atoms with Gasteiger partial charge in [-0.1, -0.05) is 37.3 Å². The normalized spacial score (nSPS) is 11.5. The Balaban J connectivity index is 2.38. The van der Waals surface area contributed by atoms with Crippen LogP contribution in [0.4, 0.5) is 5.69 Å². The third kappa shape index (κ3) is 4.37. The molecule has 0 aromatic heterocycles. The van der Waals surface area contributed by atoms with Crippen molar-refractivity contribution in [2.24, 2.45) is 0 Å². The Morgan fingerprint density at radius 3 is 2.40 bits per heavy atom. The molecule has 134 valence electrons. The van der Waals surface area contributed by atoms with Crippen molar-refractivity contribution in [2.75, 3.05) is 19.4 Å². The number of nitrogen functional groups attached to an aromatic ring is 1. The number of anilines is 1. The topological polar surface area (TPSA) is 89.7 Å². The molecule has 0 atom stereocenters. The van der Waals surface area contributed by atoms with Crippen LogP contribution in [0.3, 0.4) is 0 Å². The molecule has 0 saturated heterocycles. The molecule has 0 aliphatic carbocycles. The predicted molar refractivity (Wildman–Crippen MR) is 96.5 cm³/mol. The summed E-state index contributed by atoms with van der Waals surface area (Å²) in [5, 5.41) is 0. The van der Waals surface area contributed by atoms with Gasteiger partial charge in [-0.2, -0.15) is 4.31 Å². The van der Waals surface area contributed by atoms with Gasteiger partial charge in [0.15, 0.2) is 0 Å². The lowest BCUT2D eigenvalue weighted by atomic mass is 10.2. The lowest BCUT2D eigenvalue weighted by molar-refractivity contribution is 0.0600. The fraction of sp³-hybridized carbons (Fsp3) is 0.278. The molecule has 0 saturated carbocycles. The van der Waals surface area contributed by atoms with Gasteiger partial charge in [0.1, 0.15) is 4.90 Å². The smallest absolute Gasteiger partial charge is 0.337 e. The van der Waals surface area contributed by atoms with Gasteiger partial charge in [0.25, 0.3) is 0 Å². The summed E-state index contributed by atoms with van der Waals surface area (Å²) in [6.45, 7) is 2.54. The Morgan fingerprint density at radius 2 is 1.84 bits per heavy atom. The molecule has 2 rings (SSSR count). The van der Waals surface area contributed by atoms with Crippen LogP contribution in [0, 0.1) is 0 Å². The number of benzene rings is 2. The van der Waals surface area contributed by atoms with E-state index in [0.29, 0.717) is 13.0 Å². The van der Waals surface area contributed by atoms with Gasteiger partial charge in [0.05, 0.1) is 18.4 Å². The Labute approximate surface area is 148 Å². The molecule has 0 aliphatic heterocycles. The van der Waals surface area contributed by atoms with E-state index in [1.807, 2.05) is 37.3 Å². The first-order chi connectivity index (χ1) is 11.9. The quantitative estimate of drug-likeness (QED) is 0.604. The molecular weight excluding hydrogens is 340 g/mol. The van der Waals surface area contributed by atoms with Gasteiger partial charge in [0, 0.05) is 13.1 Å². The molecule has 0 bridgehead atoms. The lowest BCUT2D eigenvalue weighted by Crippen LogP contribution is -2.32. The molecule has 7 heteroatoms. The maximum Gasteiger partial charge on any atom is 0.337 e. The van der Waals surface area contributed by atoms with Crippen LogP contribution in [-0.2, 0) is 21.3 Å². The highest BCUT2D eigenvalue weighted by Crippen LogP contribution is 2.25. The Bertz CT molecular complexity index is 835. The number of hydrogen-bond donors (Lipinski definition) is 1. The molecule has 0 heterocycles. The van der Waals surface area contributed by atoms with Crippen molar-refractivity contribution in [2.45, 2.75) is 24.8 Å². The van der Waals surface area contributed by atoms with E-state index in [0.717, 1.165) is 5.56 Å². The average Bonchev–Trinajstić information content (AvgIpc) is 2.61. The zero-order valence-corrected chi connectivity index (χ0v) is 15.1. The number of carbonyl (C=O) groups is 1. The molecule has 0 spiro atoms. The number of carbonyl (C=O) groups excluding carboxylic acids is 1. The van der Waals surface area contributed by atoms with E-state index in [1.165, 1.54) is 29.6 Å². The summed E-state index contributed by atoms with van der Waals surface area (Å²) in [6, 6.07) is 13.4. The minimum Gasteiger partial charge on any atom is -0.465 e. The molecule has 2 N–H and O–H groups in total. The molecule has 0 unspecified atom stereocenters. The zero-order chi connectivity index (χ0) is 18.4. The molecule has 2 aromatic rings. The molecule has 0 fully saturated rings. The number of sulfonamides is 1.